The molecule has 10 nitrogen and oxygen atoms in total. The summed E-state index contributed by atoms with van der Waals surface area (Å²) in [6, 6.07) is -0.761. The molecule has 0 aliphatic carbocycles. The lowest BCUT2D eigenvalue weighted by molar-refractivity contribution is -0.130. The lowest BCUT2D eigenvalue weighted by Crippen LogP contribution is -2.52. The standard InChI is InChI=1S/C19H33N5O5/c1-12-18(13(2)29-23-12)22-19(27)21-15-7-6-14(28-16(15)11-25)10-17(26)20-8-5-9-24(3)4/h14-16,25H,5-11H2,1-4H3,(H,20,26)(H2,21,22,27)/t14-,15+,16-/m1/s1. The van der Waals surface area contributed by atoms with E-state index in [0.29, 0.717) is 36.5 Å². The maximum absolute atomic E-state index is 12.3. The molecule has 0 saturated carbocycles. The molecule has 0 bridgehead atoms. The summed E-state index contributed by atoms with van der Waals surface area (Å²) in [6.45, 7) is 4.75. The quantitative estimate of drug-likeness (QED) is 0.442. The monoisotopic (exact) mass is 411 g/mol. The van der Waals surface area contributed by atoms with Crippen LogP contribution in [0.4, 0.5) is 10.5 Å². The number of ether oxygens (including phenoxy) is 1. The topological polar surface area (TPSA) is 129 Å². The van der Waals surface area contributed by atoms with Gasteiger partial charge >= 0.3 is 6.03 Å². The maximum Gasteiger partial charge on any atom is 0.319 e. The molecule has 1 fully saturated rings. The Hall–Kier alpha value is -2.17. The maximum atomic E-state index is 12.3. The number of rotatable bonds is 9. The van der Waals surface area contributed by atoms with Crippen molar-refractivity contribution in [2.75, 3.05) is 39.1 Å². The molecule has 2 heterocycles. The lowest BCUT2D eigenvalue weighted by Gasteiger charge is -2.35. The Bertz CT molecular complexity index is 658. The number of aromatic nitrogens is 1. The Morgan fingerprint density at radius 1 is 1.28 bits per heavy atom. The number of nitrogens with one attached hydrogen (secondary N) is 3. The lowest BCUT2D eigenvalue weighted by atomic mass is 9.97. The van der Waals surface area contributed by atoms with Crippen molar-refractivity contribution in [2.24, 2.45) is 0 Å². The minimum absolute atomic E-state index is 0.0620. The molecule has 0 radical (unpaired) electrons. The summed E-state index contributed by atoms with van der Waals surface area (Å²) in [6.07, 6.45) is 1.53. The van der Waals surface area contributed by atoms with Gasteiger partial charge in [-0.05, 0) is 53.8 Å². The average molecular weight is 412 g/mol. The number of carbonyl (C=O) groups excluding carboxylic acids is 2. The number of amides is 3. The molecule has 1 saturated heterocycles. The fraction of sp³-hybridized carbons (Fsp3) is 0.737. The second-order valence-corrected chi connectivity index (χ2v) is 7.67. The van der Waals surface area contributed by atoms with Gasteiger partial charge in [0.15, 0.2) is 5.76 Å². The summed E-state index contributed by atoms with van der Waals surface area (Å²) in [4.78, 5) is 26.5. The molecule has 1 aromatic rings. The highest BCUT2D eigenvalue weighted by Gasteiger charge is 2.33. The van der Waals surface area contributed by atoms with Gasteiger partial charge in [0.1, 0.15) is 17.5 Å². The van der Waals surface area contributed by atoms with Crippen molar-refractivity contribution in [3.63, 3.8) is 0 Å². The van der Waals surface area contributed by atoms with E-state index in [4.69, 9.17) is 9.26 Å². The first-order valence-electron chi connectivity index (χ1n) is 9.98. The number of urea groups is 1. The van der Waals surface area contributed by atoms with Gasteiger partial charge < -0.3 is 35.2 Å². The van der Waals surface area contributed by atoms with E-state index in [1.165, 1.54) is 0 Å². The summed E-state index contributed by atoms with van der Waals surface area (Å²) in [5, 5.41) is 21.9. The highest BCUT2D eigenvalue weighted by Crippen LogP contribution is 2.23. The number of hydrogen-bond acceptors (Lipinski definition) is 7. The minimum atomic E-state index is -0.564. The summed E-state index contributed by atoms with van der Waals surface area (Å²) in [7, 11) is 3.98. The van der Waals surface area contributed by atoms with Crippen LogP contribution in [0.2, 0.25) is 0 Å². The van der Waals surface area contributed by atoms with Gasteiger partial charge in [-0.25, -0.2) is 4.79 Å². The van der Waals surface area contributed by atoms with Gasteiger partial charge in [0.05, 0.1) is 25.2 Å². The molecule has 2 rings (SSSR count). The number of aryl methyl sites for hydroxylation is 2. The molecule has 164 valence electrons. The van der Waals surface area contributed by atoms with Gasteiger partial charge in [0, 0.05) is 6.54 Å². The molecule has 0 aromatic carbocycles. The zero-order valence-electron chi connectivity index (χ0n) is 17.7. The van der Waals surface area contributed by atoms with Gasteiger partial charge in [-0.15, -0.1) is 0 Å². The van der Waals surface area contributed by atoms with E-state index in [-0.39, 0.29) is 31.1 Å². The van der Waals surface area contributed by atoms with E-state index >= 15 is 0 Å². The van der Waals surface area contributed by atoms with Crippen molar-refractivity contribution >= 4 is 17.6 Å². The number of aliphatic hydroxyl groups excluding tert-OH is 1. The Labute approximate surface area is 171 Å². The van der Waals surface area contributed by atoms with E-state index in [0.717, 1.165) is 13.0 Å². The van der Waals surface area contributed by atoms with Gasteiger partial charge in [0.2, 0.25) is 5.91 Å². The zero-order valence-corrected chi connectivity index (χ0v) is 17.7. The minimum Gasteiger partial charge on any atom is -0.394 e. The molecule has 29 heavy (non-hydrogen) atoms. The highest BCUT2D eigenvalue weighted by atomic mass is 16.5. The van der Waals surface area contributed by atoms with Crippen LogP contribution in [0, 0.1) is 13.8 Å². The number of hydrogen-bond donors (Lipinski definition) is 4. The fourth-order valence-electron chi connectivity index (χ4n) is 3.33. The summed E-state index contributed by atoms with van der Waals surface area (Å²) in [5.74, 6) is 0.459. The molecule has 1 aliphatic rings. The summed E-state index contributed by atoms with van der Waals surface area (Å²) in [5.41, 5.74) is 1.12. The summed E-state index contributed by atoms with van der Waals surface area (Å²) >= 11 is 0. The molecule has 1 aromatic heterocycles. The van der Waals surface area contributed by atoms with E-state index in [2.05, 4.69) is 26.0 Å². The Morgan fingerprint density at radius 3 is 2.66 bits per heavy atom. The molecule has 0 spiro atoms. The Balaban J connectivity index is 1.77. The van der Waals surface area contributed by atoms with Crippen LogP contribution in [0.15, 0.2) is 4.52 Å². The first-order valence-corrected chi connectivity index (χ1v) is 9.98. The van der Waals surface area contributed by atoms with Crippen LogP contribution in [0.1, 0.15) is 37.1 Å². The van der Waals surface area contributed by atoms with Crippen molar-refractivity contribution in [2.45, 2.75) is 57.8 Å². The van der Waals surface area contributed by atoms with Gasteiger partial charge in [-0.1, -0.05) is 5.16 Å². The molecule has 3 atom stereocenters. The van der Waals surface area contributed by atoms with E-state index < -0.39 is 12.1 Å². The van der Waals surface area contributed by atoms with Crippen molar-refractivity contribution in [3.05, 3.63) is 11.5 Å². The van der Waals surface area contributed by atoms with Crippen LogP contribution < -0.4 is 16.0 Å². The number of nitrogens with zero attached hydrogens (tertiary/aromatic N) is 2. The number of aliphatic hydroxyl groups is 1. The third kappa shape index (κ3) is 7.30. The number of anilines is 1. The van der Waals surface area contributed by atoms with Gasteiger partial charge in [-0.2, -0.15) is 0 Å². The third-order valence-corrected chi connectivity index (χ3v) is 4.90. The first-order chi connectivity index (χ1) is 13.8. The van der Waals surface area contributed by atoms with Gasteiger partial charge in [-0.3, -0.25) is 4.79 Å². The first kappa shape index (κ1) is 23.1. The Kier molecular flexibility index (Phi) is 8.87. The predicted octanol–water partition coefficient (Wildman–Crippen LogP) is 0.779. The van der Waals surface area contributed by atoms with E-state index in [1.807, 2.05) is 14.1 Å². The average Bonchev–Trinajstić information content (AvgIpc) is 2.98. The van der Waals surface area contributed by atoms with Crippen molar-refractivity contribution < 1.29 is 24.0 Å². The predicted molar refractivity (Wildman–Crippen MR) is 108 cm³/mol. The third-order valence-electron chi connectivity index (χ3n) is 4.90. The molecular formula is C19H33N5O5. The Morgan fingerprint density at radius 2 is 2.03 bits per heavy atom. The van der Waals surface area contributed by atoms with Crippen LogP contribution >= 0.6 is 0 Å². The zero-order chi connectivity index (χ0) is 21.4. The molecule has 3 amide bonds. The SMILES string of the molecule is Cc1noc(C)c1NC(=O)N[C@H]1CC[C@H](CC(=O)NCCCN(C)C)O[C@@H]1CO. The van der Waals surface area contributed by atoms with Crippen LogP contribution in [-0.4, -0.2) is 79.1 Å². The molecule has 4 N–H and O–H groups in total. The molecular weight excluding hydrogens is 378 g/mol. The number of carbonyl (C=O) groups is 2. The second-order valence-electron chi connectivity index (χ2n) is 7.67. The van der Waals surface area contributed by atoms with Gasteiger partial charge in [0.25, 0.3) is 0 Å². The largest absolute Gasteiger partial charge is 0.394 e. The van der Waals surface area contributed by atoms with E-state index in [1.54, 1.807) is 13.8 Å². The molecule has 10 heteroatoms. The van der Waals surface area contributed by atoms with Crippen LogP contribution in [0.5, 0.6) is 0 Å². The van der Waals surface area contributed by atoms with Crippen molar-refractivity contribution in [3.8, 4) is 0 Å². The normalized spacial score (nSPS) is 21.8. The van der Waals surface area contributed by atoms with Crippen molar-refractivity contribution in [1.82, 2.24) is 20.7 Å². The van der Waals surface area contributed by atoms with Crippen molar-refractivity contribution in [1.29, 1.82) is 0 Å². The highest BCUT2D eigenvalue weighted by molar-refractivity contribution is 5.90. The molecule has 0 unspecified atom stereocenters. The van der Waals surface area contributed by atoms with Crippen LogP contribution in [-0.2, 0) is 9.53 Å². The van der Waals surface area contributed by atoms with Crippen LogP contribution in [0.3, 0.4) is 0 Å². The smallest absolute Gasteiger partial charge is 0.319 e. The summed E-state index contributed by atoms with van der Waals surface area (Å²) < 4.78 is 10.9. The fourth-order valence-corrected chi connectivity index (χ4v) is 3.33. The molecule has 1 aliphatic heterocycles. The van der Waals surface area contributed by atoms with E-state index in [9.17, 15) is 14.7 Å². The second kappa shape index (κ2) is 11.1. The van der Waals surface area contributed by atoms with Crippen LogP contribution in [0.25, 0.3) is 0 Å².